The second-order valence-corrected chi connectivity index (χ2v) is 7.61. The van der Waals surface area contributed by atoms with Crippen molar-refractivity contribution in [3.63, 3.8) is 0 Å². The Bertz CT molecular complexity index is 677. The molecule has 0 saturated carbocycles. The molecule has 0 radical (unpaired) electrons. The third-order valence-corrected chi connectivity index (χ3v) is 5.93. The highest BCUT2D eigenvalue weighted by molar-refractivity contribution is 8.02. The van der Waals surface area contributed by atoms with Crippen LogP contribution in [0.25, 0.3) is 0 Å². The van der Waals surface area contributed by atoms with Gasteiger partial charge in [0.1, 0.15) is 11.4 Å². The van der Waals surface area contributed by atoms with Crippen LogP contribution in [-0.2, 0) is 20.9 Å². The van der Waals surface area contributed by atoms with Crippen molar-refractivity contribution >= 4 is 29.3 Å². The fourth-order valence-corrected chi connectivity index (χ4v) is 4.32. The molecule has 0 aromatic heterocycles. The number of nitro benzene ring substituents is 1. The van der Waals surface area contributed by atoms with Crippen LogP contribution in [0.1, 0.15) is 19.4 Å². The number of carbonyl (C=O) groups excluding carboxylic acids is 2. The van der Waals surface area contributed by atoms with E-state index in [1.807, 2.05) is 6.92 Å². The van der Waals surface area contributed by atoms with Crippen LogP contribution in [0.5, 0.6) is 0 Å². The smallest absolute Gasteiger partial charge is 0.324 e. The predicted octanol–water partition coefficient (Wildman–Crippen LogP) is 1.95. The highest BCUT2D eigenvalue weighted by Crippen LogP contribution is 2.49. The number of hydrogen-bond acceptors (Lipinski definition) is 6. The molecule has 2 heterocycles. The second kappa shape index (κ2) is 5.52. The van der Waals surface area contributed by atoms with Crippen molar-refractivity contribution in [2.24, 2.45) is 5.92 Å². The van der Waals surface area contributed by atoms with Crippen LogP contribution in [0.2, 0.25) is 0 Å². The number of esters is 1. The van der Waals surface area contributed by atoms with E-state index < -0.39 is 9.67 Å². The molecule has 3 atom stereocenters. The third kappa shape index (κ3) is 2.67. The van der Waals surface area contributed by atoms with Gasteiger partial charge in [-0.25, -0.2) is 0 Å². The first-order chi connectivity index (χ1) is 10.8. The zero-order chi connectivity index (χ0) is 16.8. The molecule has 1 aromatic rings. The summed E-state index contributed by atoms with van der Waals surface area (Å²) in [6.45, 7) is 4.07. The summed E-state index contributed by atoms with van der Waals surface area (Å²) in [5, 5.41) is 10.7. The number of nitro groups is 1. The minimum absolute atomic E-state index is 0.00439. The van der Waals surface area contributed by atoms with Gasteiger partial charge in [0.25, 0.3) is 5.69 Å². The quantitative estimate of drug-likeness (QED) is 0.361. The summed E-state index contributed by atoms with van der Waals surface area (Å²) in [6, 6.07) is 5.88. The summed E-state index contributed by atoms with van der Waals surface area (Å²) in [4.78, 5) is 35.9. The molecular weight excluding hydrogens is 320 g/mol. The van der Waals surface area contributed by atoms with E-state index in [0.717, 1.165) is 0 Å². The van der Waals surface area contributed by atoms with Gasteiger partial charge in [-0.3, -0.25) is 19.7 Å². The fraction of sp³-hybridized carbons (Fsp3) is 0.467. The molecule has 2 aliphatic heterocycles. The summed E-state index contributed by atoms with van der Waals surface area (Å²) >= 11 is 1.47. The number of nitrogens with zero attached hydrogens (tertiary/aromatic N) is 2. The Morgan fingerprint density at radius 3 is 2.70 bits per heavy atom. The maximum atomic E-state index is 12.4. The zero-order valence-electron chi connectivity index (χ0n) is 12.7. The number of carbonyl (C=O) groups is 2. The van der Waals surface area contributed by atoms with E-state index >= 15 is 0 Å². The maximum Gasteiger partial charge on any atom is 0.324 e. The standard InChI is InChI=1S/C15H16N2O5S/c1-9-12(18)16-8-15(2,23-13(9)16)14(19)22-7-10-3-5-11(6-4-10)17(20)21/h3-6,9,13H,7-8H2,1-2H3/t9?,13-,15?/m1/s1. The number of rotatable bonds is 4. The van der Waals surface area contributed by atoms with E-state index in [-0.39, 0.29) is 35.5 Å². The van der Waals surface area contributed by atoms with Gasteiger partial charge in [0.15, 0.2) is 0 Å². The lowest BCUT2D eigenvalue weighted by Gasteiger charge is -2.39. The Morgan fingerprint density at radius 1 is 1.48 bits per heavy atom. The number of non-ortho nitro benzene ring substituents is 1. The lowest BCUT2D eigenvalue weighted by molar-refractivity contribution is -0.384. The molecule has 2 saturated heterocycles. The Hall–Kier alpha value is -2.09. The van der Waals surface area contributed by atoms with Gasteiger partial charge in [-0.15, -0.1) is 11.8 Å². The van der Waals surface area contributed by atoms with Crippen molar-refractivity contribution in [1.29, 1.82) is 0 Å². The Balaban J connectivity index is 1.59. The minimum atomic E-state index is -0.758. The molecule has 2 fully saturated rings. The van der Waals surface area contributed by atoms with Gasteiger partial charge >= 0.3 is 5.97 Å². The molecule has 2 unspecified atom stereocenters. The van der Waals surface area contributed by atoms with Crippen LogP contribution in [0.4, 0.5) is 5.69 Å². The van der Waals surface area contributed by atoms with E-state index in [1.54, 1.807) is 24.0 Å². The van der Waals surface area contributed by atoms with Crippen molar-refractivity contribution in [3.8, 4) is 0 Å². The Kier molecular flexibility index (Phi) is 3.79. The molecule has 0 bridgehead atoms. The number of benzene rings is 1. The molecule has 1 amide bonds. The minimum Gasteiger partial charge on any atom is -0.460 e. The summed E-state index contributed by atoms with van der Waals surface area (Å²) in [7, 11) is 0. The van der Waals surface area contributed by atoms with Crippen molar-refractivity contribution in [2.75, 3.05) is 6.54 Å². The summed E-state index contributed by atoms with van der Waals surface area (Å²) in [6.07, 6.45) is 0. The molecule has 122 valence electrons. The van der Waals surface area contributed by atoms with Gasteiger partial charge in [-0.2, -0.15) is 0 Å². The molecule has 0 spiro atoms. The number of β-lactam (4-membered cyclic amide) rings is 1. The molecule has 1 aromatic carbocycles. The topological polar surface area (TPSA) is 89.8 Å². The Morgan fingerprint density at radius 2 is 2.13 bits per heavy atom. The number of ether oxygens (including phenoxy) is 1. The van der Waals surface area contributed by atoms with Crippen molar-refractivity contribution < 1.29 is 19.2 Å². The summed E-state index contributed by atoms with van der Waals surface area (Å²) in [5.41, 5.74) is 0.679. The van der Waals surface area contributed by atoms with E-state index in [0.29, 0.717) is 12.1 Å². The number of thioether (sulfide) groups is 1. The summed E-state index contributed by atoms with van der Waals surface area (Å²) in [5.74, 6) is -0.339. The predicted molar refractivity (Wildman–Crippen MR) is 83.6 cm³/mol. The van der Waals surface area contributed by atoms with Gasteiger partial charge < -0.3 is 9.64 Å². The number of fused-ring (bicyclic) bond motifs is 1. The van der Waals surface area contributed by atoms with E-state index in [4.69, 9.17) is 4.74 Å². The number of amides is 1. The van der Waals surface area contributed by atoms with Gasteiger partial charge in [0.05, 0.1) is 16.2 Å². The molecule has 0 aliphatic carbocycles. The molecular formula is C15H16N2O5S. The van der Waals surface area contributed by atoms with Crippen LogP contribution in [0, 0.1) is 16.0 Å². The summed E-state index contributed by atoms with van der Waals surface area (Å²) < 4.78 is 4.58. The SMILES string of the molecule is CC1C(=O)N2CC(C)(C(=O)OCc3ccc([N+](=O)[O-])cc3)S[C@H]12. The van der Waals surface area contributed by atoms with Gasteiger partial charge in [0.2, 0.25) is 5.91 Å². The van der Waals surface area contributed by atoms with Crippen LogP contribution >= 0.6 is 11.8 Å². The monoisotopic (exact) mass is 336 g/mol. The highest BCUT2D eigenvalue weighted by atomic mass is 32.2. The van der Waals surface area contributed by atoms with Crippen LogP contribution in [0.15, 0.2) is 24.3 Å². The Labute approximate surface area is 137 Å². The molecule has 0 N–H and O–H groups in total. The average molecular weight is 336 g/mol. The zero-order valence-corrected chi connectivity index (χ0v) is 13.5. The third-order valence-electron chi connectivity index (χ3n) is 4.21. The van der Waals surface area contributed by atoms with E-state index in [2.05, 4.69) is 0 Å². The first-order valence-electron chi connectivity index (χ1n) is 7.21. The van der Waals surface area contributed by atoms with E-state index in [9.17, 15) is 19.7 Å². The second-order valence-electron chi connectivity index (χ2n) is 5.99. The van der Waals surface area contributed by atoms with Crippen LogP contribution < -0.4 is 0 Å². The molecule has 7 nitrogen and oxygen atoms in total. The molecule has 2 aliphatic rings. The van der Waals surface area contributed by atoms with Crippen molar-refractivity contribution in [1.82, 2.24) is 4.90 Å². The van der Waals surface area contributed by atoms with Crippen LogP contribution in [0.3, 0.4) is 0 Å². The average Bonchev–Trinajstić information content (AvgIpc) is 2.88. The largest absolute Gasteiger partial charge is 0.460 e. The molecule has 23 heavy (non-hydrogen) atoms. The molecule has 8 heteroatoms. The first-order valence-corrected chi connectivity index (χ1v) is 8.09. The number of hydrogen-bond donors (Lipinski definition) is 0. The van der Waals surface area contributed by atoms with Crippen molar-refractivity contribution in [2.45, 2.75) is 30.6 Å². The van der Waals surface area contributed by atoms with Gasteiger partial charge in [-0.1, -0.05) is 6.92 Å². The first kappa shape index (κ1) is 15.8. The maximum absolute atomic E-state index is 12.4. The van der Waals surface area contributed by atoms with Crippen molar-refractivity contribution in [3.05, 3.63) is 39.9 Å². The normalized spacial score (nSPS) is 29.0. The van der Waals surface area contributed by atoms with Crippen LogP contribution in [-0.4, -0.2) is 38.4 Å². The van der Waals surface area contributed by atoms with E-state index in [1.165, 1.54) is 23.9 Å². The lowest BCUT2D eigenvalue weighted by atomic mass is 9.99. The van der Waals surface area contributed by atoms with Gasteiger partial charge in [-0.05, 0) is 24.6 Å². The molecule has 3 rings (SSSR count). The van der Waals surface area contributed by atoms with Gasteiger partial charge in [0, 0.05) is 18.7 Å². The fourth-order valence-electron chi connectivity index (χ4n) is 2.79. The lowest BCUT2D eigenvalue weighted by Crippen LogP contribution is -2.55. The highest BCUT2D eigenvalue weighted by Gasteiger charge is 2.58.